The highest BCUT2D eigenvalue weighted by Crippen LogP contribution is 2.44. The zero-order valence-electron chi connectivity index (χ0n) is 22.5. The first-order valence-corrected chi connectivity index (χ1v) is 13.6. The van der Waals surface area contributed by atoms with Crippen LogP contribution in [0.15, 0.2) is 110 Å². The van der Waals surface area contributed by atoms with Gasteiger partial charge < -0.3 is 9.84 Å². The summed E-state index contributed by atoms with van der Waals surface area (Å²) in [4.78, 5) is 55.2. The second kappa shape index (κ2) is 9.54. The standard InChI is InChI=1S/C30H26N6O6/c1-2-42-24-15-9-14-22(26(24)37)25-21-16-17-31-27(38)33(19-10-5-3-6-11-19)29(40)35(31)23(21)18-32-28(39)34(30(41)36(25)32)20-12-7-4-8-13-20/h3-16,23,25,37H,2,17-18H2,1H3/t23-,25-/m1/s1. The molecule has 4 heterocycles. The molecule has 2 aliphatic heterocycles. The van der Waals surface area contributed by atoms with Crippen molar-refractivity contribution in [3.63, 3.8) is 0 Å². The molecule has 1 N–H and O–H groups in total. The molecule has 0 saturated carbocycles. The minimum atomic E-state index is -0.967. The lowest BCUT2D eigenvalue weighted by Crippen LogP contribution is -2.47. The molecule has 2 atom stereocenters. The minimum absolute atomic E-state index is 0.0561. The van der Waals surface area contributed by atoms with E-state index in [1.807, 2.05) is 0 Å². The van der Waals surface area contributed by atoms with Gasteiger partial charge in [0.2, 0.25) is 0 Å². The molecule has 0 radical (unpaired) electrons. The molecular weight excluding hydrogens is 540 g/mol. The fourth-order valence-electron chi connectivity index (χ4n) is 6.06. The number of nitrogens with zero attached hydrogens (tertiary/aromatic N) is 6. The van der Waals surface area contributed by atoms with Gasteiger partial charge in [0.05, 0.1) is 37.1 Å². The summed E-state index contributed by atoms with van der Waals surface area (Å²) >= 11 is 0. The Labute approximate surface area is 237 Å². The lowest BCUT2D eigenvalue weighted by atomic mass is 9.89. The molecule has 5 aromatic rings. The predicted octanol–water partition coefficient (Wildman–Crippen LogP) is 1.80. The van der Waals surface area contributed by atoms with Gasteiger partial charge in [0.1, 0.15) is 6.04 Å². The summed E-state index contributed by atoms with van der Waals surface area (Å²) in [5.41, 5.74) is -0.575. The van der Waals surface area contributed by atoms with Gasteiger partial charge >= 0.3 is 22.8 Å². The molecule has 212 valence electrons. The van der Waals surface area contributed by atoms with Crippen molar-refractivity contribution in [3.05, 3.63) is 138 Å². The summed E-state index contributed by atoms with van der Waals surface area (Å²) in [5, 5.41) is 11.3. The molecule has 0 unspecified atom stereocenters. The summed E-state index contributed by atoms with van der Waals surface area (Å²) in [6.07, 6.45) is 1.79. The Balaban J connectivity index is 1.51. The van der Waals surface area contributed by atoms with Gasteiger partial charge in [-0.3, -0.25) is 0 Å². The van der Waals surface area contributed by atoms with Gasteiger partial charge in [-0.2, -0.15) is 0 Å². The molecule has 0 amide bonds. The van der Waals surface area contributed by atoms with Crippen LogP contribution in [0, 0.1) is 0 Å². The van der Waals surface area contributed by atoms with Crippen LogP contribution in [-0.2, 0) is 13.1 Å². The molecule has 0 aliphatic carbocycles. The SMILES string of the molecule is CCOc1cccc([C@H]2C3=CCn4c(=O)n(-c5ccccc5)c(=O)n4[C@@H]3Cn3c(=O)n(-c4ccccc4)c(=O)n32)c1O. The molecule has 0 spiro atoms. The van der Waals surface area contributed by atoms with E-state index >= 15 is 0 Å². The van der Waals surface area contributed by atoms with Crippen LogP contribution < -0.4 is 27.5 Å². The van der Waals surface area contributed by atoms with Gasteiger partial charge in [-0.15, -0.1) is 0 Å². The van der Waals surface area contributed by atoms with Crippen molar-refractivity contribution in [2.75, 3.05) is 6.61 Å². The molecule has 2 aromatic heterocycles. The lowest BCUT2D eigenvalue weighted by molar-refractivity contribution is 0.242. The molecule has 12 heteroatoms. The van der Waals surface area contributed by atoms with Crippen LogP contribution in [0.3, 0.4) is 0 Å². The zero-order chi connectivity index (χ0) is 29.1. The van der Waals surface area contributed by atoms with Crippen molar-refractivity contribution in [3.8, 4) is 22.9 Å². The smallest absolute Gasteiger partial charge is 0.352 e. The Hall–Kier alpha value is -5.52. The third-order valence-corrected chi connectivity index (χ3v) is 7.86. The van der Waals surface area contributed by atoms with E-state index in [2.05, 4.69) is 0 Å². The Kier molecular flexibility index (Phi) is 5.78. The molecule has 0 saturated heterocycles. The summed E-state index contributed by atoms with van der Waals surface area (Å²) in [7, 11) is 0. The van der Waals surface area contributed by atoms with Crippen LogP contribution in [0.1, 0.15) is 24.6 Å². The quantitative estimate of drug-likeness (QED) is 0.323. The number of phenolic OH excluding ortho intramolecular Hbond substituents is 1. The monoisotopic (exact) mass is 566 g/mol. The van der Waals surface area contributed by atoms with Gasteiger partial charge in [-0.25, -0.2) is 47.0 Å². The normalized spacial score (nSPS) is 17.2. The number of rotatable bonds is 5. The maximum atomic E-state index is 14.0. The van der Waals surface area contributed by atoms with Crippen LogP contribution in [-0.4, -0.2) is 39.6 Å². The first-order chi connectivity index (χ1) is 20.4. The van der Waals surface area contributed by atoms with Crippen molar-refractivity contribution in [2.45, 2.75) is 32.1 Å². The number of hydrogen-bond donors (Lipinski definition) is 1. The number of ether oxygens (including phenoxy) is 1. The number of para-hydroxylation sites is 3. The molecule has 0 bridgehead atoms. The summed E-state index contributed by atoms with van der Waals surface area (Å²) < 4.78 is 13.1. The van der Waals surface area contributed by atoms with E-state index in [1.165, 1.54) is 18.7 Å². The second-order valence-corrected chi connectivity index (χ2v) is 10.1. The lowest BCUT2D eigenvalue weighted by Gasteiger charge is -2.37. The average Bonchev–Trinajstić information content (AvgIpc) is 3.42. The van der Waals surface area contributed by atoms with Crippen molar-refractivity contribution >= 4 is 0 Å². The fraction of sp³-hybridized carbons (Fsp3) is 0.200. The highest BCUT2D eigenvalue weighted by atomic mass is 16.5. The van der Waals surface area contributed by atoms with Crippen molar-refractivity contribution in [1.29, 1.82) is 0 Å². The molecule has 0 fully saturated rings. The molecule has 7 rings (SSSR count). The highest BCUT2D eigenvalue weighted by Gasteiger charge is 2.42. The highest BCUT2D eigenvalue weighted by molar-refractivity contribution is 5.50. The molecule has 2 aliphatic rings. The first kappa shape index (κ1) is 25.4. The van der Waals surface area contributed by atoms with Crippen LogP contribution in [0.2, 0.25) is 0 Å². The van der Waals surface area contributed by atoms with Crippen molar-refractivity contribution in [2.24, 2.45) is 0 Å². The number of phenols is 1. The van der Waals surface area contributed by atoms with E-state index < -0.39 is 34.8 Å². The van der Waals surface area contributed by atoms with Gasteiger partial charge in [-0.1, -0.05) is 54.6 Å². The topological polar surface area (TPSA) is 127 Å². The Morgan fingerprint density at radius 3 is 1.95 bits per heavy atom. The maximum absolute atomic E-state index is 14.0. The number of fused-ring (bicyclic) bond motifs is 4. The Morgan fingerprint density at radius 1 is 0.738 bits per heavy atom. The van der Waals surface area contributed by atoms with E-state index in [1.54, 1.807) is 91.9 Å². The Morgan fingerprint density at radius 2 is 1.33 bits per heavy atom. The van der Waals surface area contributed by atoms with Gasteiger partial charge in [0.15, 0.2) is 11.5 Å². The van der Waals surface area contributed by atoms with E-state index in [4.69, 9.17) is 4.74 Å². The number of benzene rings is 3. The number of hydrogen-bond acceptors (Lipinski definition) is 6. The summed E-state index contributed by atoms with van der Waals surface area (Å²) in [5.74, 6) is 0.0451. The molecule has 3 aromatic carbocycles. The van der Waals surface area contributed by atoms with E-state index in [-0.39, 0.29) is 24.6 Å². The molecule has 42 heavy (non-hydrogen) atoms. The van der Waals surface area contributed by atoms with Crippen LogP contribution in [0.4, 0.5) is 0 Å². The van der Waals surface area contributed by atoms with E-state index in [0.717, 1.165) is 9.13 Å². The third kappa shape index (κ3) is 3.54. The van der Waals surface area contributed by atoms with E-state index in [0.29, 0.717) is 29.1 Å². The minimum Gasteiger partial charge on any atom is -0.504 e. The van der Waals surface area contributed by atoms with Crippen LogP contribution >= 0.6 is 0 Å². The molecular formula is C30H26N6O6. The van der Waals surface area contributed by atoms with Crippen molar-refractivity contribution < 1.29 is 9.84 Å². The maximum Gasteiger partial charge on any atom is 0.352 e. The van der Waals surface area contributed by atoms with Gasteiger partial charge in [0, 0.05) is 5.56 Å². The number of aromatic hydroxyl groups is 1. The largest absolute Gasteiger partial charge is 0.504 e. The molecule has 12 nitrogen and oxygen atoms in total. The number of allylic oxidation sites excluding steroid dienone is 2. The average molecular weight is 567 g/mol. The zero-order valence-corrected chi connectivity index (χ0v) is 22.5. The van der Waals surface area contributed by atoms with E-state index in [9.17, 15) is 24.3 Å². The predicted molar refractivity (Wildman–Crippen MR) is 153 cm³/mol. The third-order valence-electron chi connectivity index (χ3n) is 7.86. The van der Waals surface area contributed by atoms with Crippen LogP contribution in [0.25, 0.3) is 11.4 Å². The first-order valence-electron chi connectivity index (χ1n) is 13.6. The second-order valence-electron chi connectivity index (χ2n) is 10.1. The fourth-order valence-corrected chi connectivity index (χ4v) is 6.06. The van der Waals surface area contributed by atoms with Gasteiger partial charge in [0.25, 0.3) is 0 Å². The van der Waals surface area contributed by atoms with Gasteiger partial charge in [-0.05, 0) is 42.8 Å². The van der Waals surface area contributed by atoms with Crippen LogP contribution in [0.5, 0.6) is 11.5 Å². The number of aromatic nitrogens is 6. The summed E-state index contributed by atoms with van der Waals surface area (Å²) in [6, 6.07) is 20.4. The van der Waals surface area contributed by atoms with Crippen molar-refractivity contribution in [1.82, 2.24) is 27.9 Å². The summed E-state index contributed by atoms with van der Waals surface area (Å²) in [6.45, 7) is 2.06. The Bertz CT molecular complexity index is 2110.